The van der Waals surface area contributed by atoms with Gasteiger partial charge >= 0.3 is 0 Å². The van der Waals surface area contributed by atoms with Gasteiger partial charge in [-0.05, 0) is 90.8 Å². The number of nitrogens with one attached hydrogen (secondary N) is 1. The molecule has 1 aliphatic carbocycles. The van der Waals surface area contributed by atoms with E-state index >= 15 is 0 Å². The van der Waals surface area contributed by atoms with Gasteiger partial charge < -0.3 is 9.62 Å². The second kappa shape index (κ2) is 9.83. The largest absolute Gasteiger partial charge is 0.324 e. The summed E-state index contributed by atoms with van der Waals surface area (Å²) in [5, 5.41) is 3.29. The van der Waals surface area contributed by atoms with Crippen LogP contribution >= 0.6 is 23.5 Å². The van der Waals surface area contributed by atoms with Crippen LogP contribution in [0.25, 0.3) is 10.8 Å². The van der Waals surface area contributed by atoms with Gasteiger partial charge in [-0.3, -0.25) is 4.90 Å². The van der Waals surface area contributed by atoms with Gasteiger partial charge in [0, 0.05) is 31.1 Å². The standard InChI is InChI=1S/C26H30ClN3S/c27-25-11-8-21(19-30-13-3-12-29(14-15-30)18-20-6-7-20)16-26(25)28-31-24-10-9-22-4-1-2-5-23(22)17-24/h1-2,4-5,8-11,16-17,20,28H,3,6-7,12-15,18-19H2. The molecule has 2 fully saturated rings. The molecule has 1 saturated heterocycles. The van der Waals surface area contributed by atoms with Gasteiger partial charge in [0.05, 0.1) is 10.7 Å². The molecule has 0 atom stereocenters. The smallest absolute Gasteiger partial charge is 0.0646 e. The molecule has 3 aromatic rings. The zero-order chi connectivity index (χ0) is 21.0. The van der Waals surface area contributed by atoms with Gasteiger partial charge in [0.2, 0.25) is 0 Å². The van der Waals surface area contributed by atoms with E-state index in [1.165, 1.54) is 66.7 Å². The molecule has 0 unspecified atom stereocenters. The maximum atomic E-state index is 6.50. The molecule has 0 bridgehead atoms. The van der Waals surface area contributed by atoms with Gasteiger partial charge in [0.25, 0.3) is 0 Å². The van der Waals surface area contributed by atoms with E-state index in [4.69, 9.17) is 11.6 Å². The molecule has 5 rings (SSSR count). The Bertz CT molecular complexity index is 1040. The summed E-state index contributed by atoms with van der Waals surface area (Å²) in [5.41, 5.74) is 2.31. The minimum Gasteiger partial charge on any atom is -0.324 e. The quantitative estimate of drug-likeness (QED) is 0.411. The summed E-state index contributed by atoms with van der Waals surface area (Å²) in [7, 11) is 0. The molecule has 3 nitrogen and oxygen atoms in total. The molecular formula is C26H30ClN3S. The van der Waals surface area contributed by atoms with Gasteiger partial charge in [-0.15, -0.1) is 0 Å². The predicted molar refractivity (Wildman–Crippen MR) is 134 cm³/mol. The van der Waals surface area contributed by atoms with Crippen LogP contribution in [-0.2, 0) is 6.54 Å². The predicted octanol–water partition coefficient (Wildman–Crippen LogP) is 6.53. The Kier molecular flexibility index (Phi) is 6.70. The summed E-state index contributed by atoms with van der Waals surface area (Å²) >= 11 is 8.12. The number of nitrogens with zero attached hydrogens (tertiary/aromatic N) is 2. The van der Waals surface area contributed by atoms with Crippen molar-refractivity contribution in [1.82, 2.24) is 9.80 Å². The Labute approximate surface area is 194 Å². The van der Waals surface area contributed by atoms with Crippen molar-refractivity contribution in [2.45, 2.75) is 30.7 Å². The van der Waals surface area contributed by atoms with Crippen LogP contribution in [0.15, 0.2) is 65.6 Å². The summed E-state index contributed by atoms with van der Waals surface area (Å²) < 4.78 is 3.48. The van der Waals surface area contributed by atoms with Crippen LogP contribution in [0.1, 0.15) is 24.8 Å². The maximum absolute atomic E-state index is 6.50. The van der Waals surface area contributed by atoms with Crippen molar-refractivity contribution in [2.75, 3.05) is 37.4 Å². The zero-order valence-electron chi connectivity index (χ0n) is 17.9. The second-order valence-electron chi connectivity index (χ2n) is 8.90. The van der Waals surface area contributed by atoms with Crippen LogP contribution in [0.2, 0.25) is 5.02 Å². The summed E-state index contributed by atoms with van der Waals surface area (Å²) in [5.74, 6) is 0.983. The molecule has 1 saturated carbocycles. The number of anilines is 1. The number of rotatable bonds is 7. The fourth-order valence-electron chi connectivity index (χ4n) is 4.38. The molecule has 0 amide bonds. The Morgan fingerprint density at radius 3 is 2.55 bits per heavy atom. The van der Waals surface area contributed by atoms with Gasteiger partial charge in [0.1, 0.15) is 0 Å². The zero-order valence-corrected chi connectivity index (χ0v) is 19.5. The molecule has 31 heavy (non-hydrogen) atoms. The maximum Gasteiger partial charge on any atom is 0.0646 e. The van der Waals surface area contributed by atoms with Crippen molar-refractivity contribution >= 4 is 40.0 Å². The van der Waals surface area contributed by atoms with Crippen molar-refractivity contribution in [3.63, 3.8) is 0 Å². The van der Waals surface area contributed by atoms with Crippen LogP contribution in [-0.4, -0.2) is 42.5 Å². The summed E-state index contributed by atoms with van der Waals surface area (Å²) in [4.78, 5) is 6.45. The Morgan fingerprint density at radius 2 is 1.68 bits per heavy atom. The first-order valence-corrected chi connectivity index (χ1v) is 12.6. The van der Waals surface area contributed by atoms with Crippen LogP contribution in [0, 0.1) is 5.92 Å². The molecule has 162 valence electrons. The molecule has 0 aromatic heterocycles. The van der Waals surface area contributed by atoms with E-state index in [0.29, 0.717) is 0 Å². The van der Waals surface area contributed by atoms with E-state index in [0.717, 1.165) is 29.7 Å². The molecule has 0 spiro atoms. The SMILES string of the molecule is Clc1ccc(CN2CCCN(CC3CC3)CC2)cc1NSc1ccc2ccccc2c1. The molecule has 1 heterocycles. The number of hydrogen-bond acceptors (Lipinski definition) is 4. The average Bonchev–Trinajstić information content (AvgIpc) is 3.63. The highest BCUT2D eigenvalue weighted by Crippen LogP contribution is 2.31. The Hall–Kier alpha value is -1.72. The first-order chi connectivity index (χ1) is 15.2. The highest BCUT2D eigenvalue weighted by molar-refractivity contribution is 8.00. The van der Waals surface area contributed by atoms with Crippen LogP contribution in [0.5, 0.6) is 0 Å². The van der Waals surface area contributed by atoms with Crippen LogP contribution in [0.4, 0.5) is 5.69 Å². The molecule has 2 aliphatic rings. The lowest BCUT2D eigenvalue weighted by molar-refractivity contribution is 0.246. The van der Waals surface area contributed by atoms with Gasteiger partial charge in [0.15, 0.2) is 0 Å². The summed E-state index contributed by atoms with van der Waals surface area (Å²) in [6, 6.07) is 21.4. The number of halogens is 1. The third kappa shape index (κ3) is 5.75. The Balaban J connectivity index is 1.20. The Morgan fingerprint density at radius 1 is 0.871 bits per heavy atom. The molecular weight excluding hydrogens is 422 g/mol. The molecule has 3 aromatic carbocycles. The molecule has 1 N–H and O–H groups in total. The average molecular weight is 452 g/mol. The van der Waals surface area contributed by atoms with Crippen molar-refractivity contribution in [3.8, 4) is 0 Å². The van der Waals surface area contributed by atoms with E-state index < -0.39 is 0 Å². The fraction of sp³-hybridized carbons (Fsp3) is 0.385. The number of benzene rings is 3. The minimum absolute atomic E-state index is 0.767. The lowest BCUT2D eigenvalue weighted by Gasteiger charge is -2.22. The fourth-order valence-corrected chi connectivity index (χ4v) is 5.32. The van der Waals surface area contributed by atoms with Gasteiger partial charge in [-0.25, -0.2) is 0 Å². The van der Waals surface area contributed by atoms with Gasteiger partial charge in [-0.2, -0.15) is 0 Å². The summed E-state index contributed by atoms with van der Waals surface area (Å²) in [6.07, 6.45) is 4.15. The van der Waals surface area contributed by atoms with Crippen molar-refractivity contribution in [3.05, 3.63) is 71.2 Å². The van der Waals surface area contributed by atoms with E-state index in [2.05, 4.69) is 69.1 Å². The molecule has 0 radical (unpaired) electrons. The third-order valence-electron chi connectivity index (χ3n) is 6.33. The van der Waals surface area contributed by atoms with E-state index in [-0.39, 0.29) is 0 Å². The van der Waals surface area contributed by atoms with Crippen molar-refractivity contribution < 1.29 is 0 Å². The monoisotopic (exact) mass is 451 g/mol. The third-order valence-corrected chi connectivity index (χ3v) is 7.47. The number of fused-ring (bicyclic) bond motifs is 1. The normalized spacial score (nSPS) is 18.2. The highest BCUT2D eigenvalue weighted by Gasteiger charge is 2.25. The molecule has 1 aliphatic heterocycles. The lowest BCUT2D eigenvalue weighted by atomic mass is 10.1. The van der Waals surface area contributed by atoms with E-state index in [1.54, 1.807) is 11.9 Å². The van der Waals surface area contributed by atoms with Gasteiger partial charge in [-0.1, -0.05) is 48.0 Å². The topological polar surface area (TPSA) is 18.5 Å². The van der Waals surface area contributed by atoms with Crippen molar-refractivity contribution in [2.24, 2.45) is 5.92 Å². The van der Waals surface area contributed by atoms with E-state index in [9.17, 15) is 0 Å². The van der Waals surface area contributed by atoms with Crippen LogP contribution in [0.3, 0.4) is 0 Å². The summed E-state index contributed by atoms with van der Waals surface area (Å²) in [6.45, 7) is 7.09. The number of hydrogen-bond donors (Lipinski definition) is 1. The van der Waals surface area contributed by atoms with Crippen LogP contribution < -0.4 is 4.72 Å². The van der Waals surface area contributed by atoms with E-state index in [1.807, 2.05) is 6.07 Å². The highest BCUT2D eigenvalue weighted by atomic mass is 35.5. The minimum atomic E-state index is 0.767. The van der Waals surface area contributed by atoms with Crippen molar-refractivity contribution in [1.29, 1.82) is 0 Å². The molecule has 5 heteroatoms. The second-order valence-corrected chi connectivity index (χ2v) is 10.2. The first-order valence-electron chi connectivity index (χ1n) is 11.4. The lowest BCUT2D eigenvalue weighted by Crippen LogP contribution is -2.31. The first kappa shape index (κ1) is 21.1.